The summed E-state index contributed by atoms with van der Waals surface area (Å²) in [6.07, 6.45) is 3.29. The Morgan fingerprint density at radius 2 is 1.96 bits per heavy atom. The van der Waals surface area contributed by atoms with Gasteiger partial charge in [0.25, 0.3) is 5.56 Å². The van der Waals surface area contributed by atoms with Crippen LogP contribution in [0.15, 0.2) is 64.5 Å². The molecule has 1 aromatic carbocycles. The summed E-state index contributed by atoms with van der Waals surface area (Å²) < 4.78 is 35.1. The maximum absolute atomic E-state index is 12.4. The zero-order valence-electron chi connectivity index (χ0n) is 13.9. The number of para-hydroxylation sites is 1. The Kier molecular flexibility index (Phi) is 5.14. The maximum Gasteiger partial charge on any atom is 0.266 e. The molecule has 3 aromatic rings. The number of hydrogen-bond acceptors (Lipinski definition) is 6. The van der Waals surface area contributed by atoms with Gasteiger partial charge in [0.05, 0.1) is 13.7 Å². The zero-order chi connectivity index (χ0) is 18.6. The highest BCUT2D eigenvalue weighted by atomic mass is 32.2. The Hall–Kier alpha value is -2.98. The topological polar surface area (TPSA) is 108 Å². The molecule has 0 saturated heterocycles. The van der Waals surface area contributed by atoms with Crippen molar-refractivity contribution in [1.29, 1.82) is 0 Å². The van der Waals surface area contributed by atoms with E-state index in [1.54, 1.807) is 42.7 Å². The van der Waals surface area contributed by atoms with Crippen molar-refractivity contribution in [3.63, 3.8) is 0 Å². The van der Waals surface area contributed by atoms with E-state index >= 15 is 0 Å². The molecule has 10 heteroatoms. The van der Waals surface area contributed by atoms with Crippen molar-refractivity contribution in [3.05, 3.63) is 65.2 Å². The average Bonchev–Trinajstić information content (AvgIpc) is 3.18. The van der Waals surface area contributed by atoms with Gasteiger partial charge >= 0.3 is 0 Å². The monoisotopic (exact) mass is 375 g/mol. The van der Waals surface area contributed by atoms with Gasteiger partial charge in [-0.25, -0.2) is 22.5 Å². The summed E-state index contributed by atoms with van der Waals surface area (Å²) in [7, 11) is -2.37. The summed E-state index contributed by atoms with van der Waals surface area (Å²) in [5, 5.41) is 8.23. The summed E-state index contributed by atoms with van der Waals surface area (Å²) in [5.74, 6) is 0.707. The quantitative estimate of drug-likeness (QED) is 0.641. The molecule has 0 aliphatic carbocycles. The zero-order valence-corrected chi connectivity index (χ0v) is 14.8. The molecule has 1 N–H and O–H groups in total. The second-order valence-electron chi connectivity index (χ2n) is 5.25. The molecule has 0 spiro atoms. The minimum atomic E-state index is -3.78. The first-order valence-corrected chi connectivity index (χ1v) is 9.20. The van der Waals surface area contributed by atoms with Gasteiger partial charge in [-0.2, -0.15) is 5.10 Å². The van der Waals surface area contributed by atoms with Crippen LogP contribution in [0.4, 0.5) is 0 Å². The number of rotatable bonds is 7. The van der Waals surface area contributed by atoms with Crippen LogP contribution < -0.4 is 15.0 Å². The van der Waals surface area contributed by atoms with E-state index in [1.165, 1.54) is 28.6 Å². The van der Waals surface area contributed by atoms with Gasteiger partial charge < -0.3 is 4.74 Å². The smallest absolute Gasteiger partial charge is 0.266 e. The van der Waals surface area contributed by atoms with Crippen molar-refractivity contribution in [2.45, 2.75) is 11.4 Å². The highest BCUT2D eigenvalue weighted by molar-refractivity contribution is 7.89. The average molecular weight is 375 g/mol. The Bertz CT molecular complexity index is 1040. The Morgan fingerprint density at radius 3 is 2.69 bits per heavy atom. The summed E-state index contributed by atoms with van der Waals surface area (Å²) in [6.45, 7) is 0.0676. The molecule has 0 amide bonds. The number of ether oxygens (including phenoxy) is 1. The van der Waals surface area contributed by atoms with Crippen molar-refractivity contribution < 1.29 is 13.2 Å². The first-order chi connectivity index (χ1) is 12.5. The largest absolute Gasteiger partial charge is 0.495 e. The van der Waals surface area contributed by atoms with Gasteiger partial charge in [-0.15, -0.1) is 5.10 Å². The molecule has 0 unspecified atom stereocenters. The molecule has 0 saturated carbocycles. The summed E-state index contributed by atoms with van der Waals surface area (Å²) in [6, 6.07) is 10.9. The SMILES string of the molecule is COc1ccccc1S(=O)(=O)NCCn1nc(-n2cccn2)ccc1=O. The van der Waals surface area contributed by atoms with E-state index in [4.69, 9.17) is 4.74 Å². The molecule has 0 radical (unpaired) electrons. The molecule has 26 heavy (non-hydrogen) atoms. The van der Waals surface area contributed by atoms with Crippen molar-refractivity contribution in [3.8, 4) is 11.6 Å². The van der Waals surface area contributed by atoms with Crippen molar-refractivity contribution in [2.24, 2.45) is 0 Å². The van der Waals surface area contributed by atoms with E-state index in [-0.39, 0.29) is 29.3 Å². The number of aromatic nitrogens is 4. The molecule has 0 bridgehead atoms. The normalized spacial score (nSPS) is 11.4. The van der Waals surface area contributed by atoms with Crippen LogP contribution >= 0.6 is 0 Å². The summed E-state index contributed by atoms with van der Waals surface area (Å²) in [5.41, 5.74) is -0.336. The maximum atomic E-state index is 12.4. The van der Waals surface area contributed by atoms with Crippen LogP contribution in [-0.2, 0) is 16.6 Å². The summed E-state index contributed by atoms with van der Waals surface area (Å²) in [4.78, 5) is 12.0. The Morgan fingerprint density at radius 1 is 1.15 bits per heavy atom. The van der Waals surface area contributed by atoms with Gasteiger partial charge in [0.15, 0.2) is 5.82 Å². The molecule has 136 valence electrons. The molecule has 3 rings (SSSR count). The van der Waals surface area contributed by atoms with Crippen LogP contribution in [0.1, 0.15) is 0 Å². The fraction of sp³-hybridized carbons (Fsp3) is 0.188. The molecule has 9 nitrogen and oxygen atoms in total. The fourth-order valence-electron chi connectivity index (χ4n) is 2.33. The first kappa shape index (κ1) is 17.8. The van der Waals surface area contributed by atoms with Crippen molar-refractivity contribution in [1.82, 2.24) is 24.3 Å². The predicted molar refractivity (Wildman–Crippen MR) is 93.8 cm³/mol. The van der Waals surface area contributed by atoms with Crippen LogP contribution in [0.3, 0.4) is 0 Å². The van der Waals surface area contributed by atoms with E-state index in [0.717, 1.165) is 0 Å². The Labute approximate surface area is 149 Å². The number of sulfonamides is 1. The second kappa shape index (κ2) is 7.50. The van der Waals surface area contributed by atoms with E-state index in [9.17, 15) is 13.2 Å². The lowest BCUT2D eigenvalue weighted by molar-refractivity contribution is 0.402. The van der Waals surface area contributed by atoms with Gasteiger partial charge in [-0.05, 0) is 24.3 Å². The highest BCUT2D eigenvalue weighted by Crippen LogP contribution is 2.22. The lowest BCUT2D eigenvalue weighted by Gasteiger charge is -2.11. The van der Waals surface area contributed by atoms with E-state index < -0.39 is 10.0 Å². The molecule has 0 atom stereocenters. The van der Waals surface area contributed by atoms with Crippen LogP contribution in [0.25, 0.3) is 5.82 Å². The second-order valence-corrected chi connectivity index (χ2v) is 6.99. The molecule has 0 aliphatic heterocycles. The third-order valence-corrected chi connectivity index (χ3v) is 5.07. The number of nitrogens with one attached hydrogen (secondary N) is 1. The van der Waals surface area contributed by atoms with E-state index in [2.05, 4.69) is 14.9 Å². The number of nitrogens with zero attached hydrogens (tertiary/aromatic N) is 4. The lowest BCUT2D eigenvalue weighted by Crippen LogP contribution is -2.32. The van der Waals surface area contributed by atoms with Gasteiger partial charge in [0.1, 0.15) is 10.6 Å². The minimum Gasteiger partial charge on any atom is -0.495 e. The third-order valence-electron chi connectivity index (χ3n) is 3.57. The van der Waals surface area contributed by atoms with E-state index in [1.807, 2.05) is 0 Å². The van der Waals surface area contributed by atoms with Crippen LogP contribution in [0.2, 0.25) is 0 Å². The molecular formula is C16H17N5O4S. The summed E-state index contributed by atoms with van der Waals surface area (Å²) >= 11 is 0. The van der Waals surface area contributed by atoms with Gasteiger partial charge in [0.2, 0.25) is 10.0 Å². The van der Waals surface area contributed by atoms with Gasteiger partial charge in [0, 0.05) is 25.0 Å². The molecular weight excluding hydrogens is 358 g/mol. The fourth-order valence-corrected chi connectivity index (χ4v) is 3.52. The number of benzene rings is 1. The number of methoxy groups -OCH3 is 1. The molecule has 0 aliphatic rings. The van der Waals surface area contributed by atoms with Crippen LogP contribution in [-0.4, -0.2) is 41.6 Å². The highest BCUT2D eigenvalue weighted by Gasteiger charge is 2.18. The van der Waals surface area contributed by atoms with Gasteiger partial charge in [-0.1, -0.05) is 12.1 Å². The lowest BCUT2D eigenvalue weighted by atomic mass is 10.3. The minimum absolute atomic E-state index is 0.00412. The van der Waals surface area contributed by atoms with Crippen molar-refractivity contribution in [2.75, 3.05) is 13.7 Å². The third kappa shape index (κ3) is 3.81. The standard InChI is InChI=1S/C16H17N5O4S/c1-25-13-5-2-3-6-14(13)26(23,24)18-10-12-21-16(22)8-7-15(19-21)20-11-4-9-17-20/h2-9,11,18H,10,12H2,1H3. The van der Waals surface area contributed by atoms with Crippen LogP contribution in [0.5, 0.6) is 5.75 Å². The van der Waals surface area contributed by atoms with Crippen LogP contribution in [0, 0.1) is 0 Å². The van der Waals surface area contributed by atoms with Gasteiger partial charge in [-0.3, -0.25) is 4.79 Å². The Balaban J connectivity index is 1.74. The number of hydrogen-bond donors (Lipinski definition) is 1. The molecule has 2 aromatic heterocycles. The molecule has 2 heterocycles. The molecule has 0 fully saturated rings. The van der Waals surface area contributed by atoms with E-state index in [0.29, 0.717) is 5.82 Å². The van der Waals surface area contributed by atoms with Crippen molar-refractivity contribution >= 4 is 10.0 Å². The predicted octanol–water partition coefficient (Wildman–Crippen LogP) is 0.416. The first-order valence-electron chi connectivity index (χ1n) is 7.72.